The molecular formula is C11H17N3. The van der Waals surface area contributed by atoms with Gasteiger partial charge in [-0.25, -0.2) is 4.98 Å². The number of nitrogens with zero attached hydrogens (tertiary/aromatic N) is 1. The van der Waals surface area contributed by atoms with Gasteiger partial charge in [-0.05, 0) is 37.3 Å². The number of anilines is 2. The van der Waals surface area contributed by atoms with Crippen LogP contribution in [-0.2, 0) is 0 Å². The van der Waals surface area contributed by atoms with Gasteiger partial charge in [-0.15, -0.1) is 0 Å². The minimum absolute atomic E-state index is 0.602. The lowest BCUT2D eigenvalue weighted by Crippen LogP contribution is -2.36. The van der Waals surface area contributed by atoms with E-state index in [0.717, 1.165) is 23.0 Å². The van der Waals surface area contributed by atoms with E-state index in [1.54, 1.807) is 6.20 Å². The third kappa shape index (κ3) is 1.67. The molecule has 0 bridgehead atoms. The van der Waals surface area contributed by atoms with Gasteiger partial charge in [-0.2, -0.15) is 0 Å². The number of nitrogen functional groups attached to an aromatic ring is 1. The van der Waals surface area contributed by atoms with Crippen LogP contribution >= 0.6 is 0 Å². The maximum Gasteiger partial charge on any atom is 0.129 e. The van der Waals surface area contributed by atoms with Crippen LogP contribution in [0.2, 0.25) is 0 Å². The summed E-state index contributed by atoms with van der Waals surface area (Å²) in [5, 5.41) is 3.46. The monoisotopic (exact) mass is 191 g/mol. The number of rotatable bonds is 2. The van der Waals surface area contributed by atoms with Crippen molar-refractivity contribution in [2.24, 2.45) is 5.92 Å². The summed E-state index contributed by atoms with van der Waals surface area (Å²) in [7, 11) is 0. The van der Waals surface area contributed by atoms with Crippen LogP contribution in [0, 0.1) is 12.8 Å². The predicted octanol–water partition coefficient (Wildman–Crippen LogP) is 2.18. The smallest absolute Gasteiger partial charge is 0.129 e. The van der Waals surface area contributed by atoms with Crippen LogP contribution < -0.4 is 11.1 Å². The molecule has 3 N–H and O–H groups in total. The van der Waals surface area contributed by atoms with Crippen molar-refractivity contribution in [3.05, 3.63) is 17.8 Å². The van der Waals surface area contributed by atoms with Gasteiger partial charge in [0.15, 0.2) is 0 Å². The van der Waals surface area contributed by atoms with E-state index in [-0.39, 0.29) is 0 Å². The third-order valence-corrected chi connectivity index (χ3v) is 3.04. The minimum atomic E-state index is 0.602. The van der Waals surface area contributed by atoms with E-state index in [0.29, 0.717) is 6.04 Å². The Bertz CT molecular complexity index is 335. The molecule has 0 amide bonds. The Hall–Kier alpha value is -1.25. The molecule has 0 saturated heterocycles. The average Bonchev–Trinajstić information content (AvgIpc) is 2.14. The van der Waals surface area contributed by atoms with Crippen molar-refractivity contribution in [2.45, 2.75) is 32.7 Å². The second kappa shape index (κ2) is 3.48. The van der Waals surface area contributed by atoms with Crippen LogP contribution in [0.4, 0.5) is 11.5 Å². The van der Waals surface area contributed by atoms with Crippen molar-refractivity contribution < 1.29 is 0 Å². The zero-order chi connectivity index (χ0) is 10.1. The van der Waals surface area contributed by atoms with Crippen LogP contribution in [0.25, 0.3) is 0 Å². The second-order valence-electron chi connectivity index (χ2n) is 4.24. The lowest BCUT2D eigenvalue weighted by molar-refractivity contribution is 0.303. The van der Waals surface area contributed by atoms with Crippen molar-refractivity contribution in [1.82, 2.24) is 4.98 Å². The minimum Gasteiger partial charge on any atom is -0.397 e. The standard InChI is InChI=1S/C11H17N3/c1-7-3-4-10(7)14-11-8(2)5-9(12)6-13-11/h5-7,10H,3-4,12H2,1-2H3,(H,13,14). The van der Waals surface area contributed by atoms with Crippen LogP contribution in [0.15, 0.2) is 12.3 Å². The van der Waals surface area contributed by atoms with E-state index in [2.05, 4.69) is 17.2 Å². The van der Waals surface area contributed by atoms with E-state index < -0.39 is 0 Å². The lowest BCUT2D eigenvalue weighted by Gasteiger charge is -2.35. The molecule has 2 unspecified atom stereocenters. The highest BCUT2D eigenvalue weighted by molar-refractivity contribution is 5.51. The molecule has 1 aromatic heterocycles. The average molecular weight is 191 g/mol. The van der Waals surface area contributed by atoms with E-state index in [9.17, 15) is 0 Å². The fourth-order valence-corrected chi connectivity index (χ4v) is 1.80. The SMILES string of the molecule is Cc1cc(N)cnc1NC1CCC1C. The Morgan fingerprint density at radius 2 is 2.29 bits per heavy atom. The Labute approximate surface area is 84.7 Å². The summed E-state index contributed by atoms with van der Waals surface area (Å²) < 4.78 is 0. The van der Waals surface area contributed by atoms with E-state index in [1.807, 2.05) is 13.0 Å². The van der Waals surface area contributed by atoms with Gasteiger partial charge in [0.05, 0.1) is 11.9 Å². The molecule has 76 valence electrons. The van der Waals surface area contributed by atoms with E-state index in [1.165, 1.54) is 12.8 Å². The first-order valence-corrected chi connectivity index (χ1v) is 5.15. The van der Waals surface area contributed by atoms with Gasteiger partial charge in [0, 0.05) is 6.04 Å². The Balaban J connectivity index is 2.09. The molecule has 0 radical (unpaired) electrons. The van der Waals surface area contributed by atoms with Gasteiger partial charge >= 0.3 is 0 Å². The van der Waals surface area contributed by atoms with Crippen molar-refractivity contribution in [2.75, 3.05) is 11.1 Å². The Morgan fingerprint density at radius 1 is 1.50 bits per heavy atom. The van der Waals surface area contributed by atoms with Crippen LogP contribution in [0.5, 0.6) is 0 Å². The fraction of sp³-hybridized carbons (Fsp3) is 0.545. The quantitative estimate of drug-likeness (QED) is 0.753. The molecular weight excluding hydrogens is 174 g/mol. The summed E-state index contributed by atoms with van der Waals surface area (Å²) >= 11 is 0. The van der Waals surface area contributed by atoms with Gasteiger partial charge in [0.25, 0.3) is 0 Å². The van der Waals surface area contributed by atoms with Gasteiger partial charge in [0.1, 0.15) is 5.82 Å². The van der Waals surface area contributed by atoms with Crippen molar-refractivity contribution in [1.29, 1.82) is 0 Å². The molecule has 1 fully saturated rings. The molecule has 0 aromatic carbocycles. The number of pyridine rings is 1. The molecule has 2 atom stereocenters. The highest BCUT2D eigenvalue weighted by Gasteiger charge is 2.26. The normalized spacial score (nSPS) is 25.6. The van der Waals surface area contributed by atoms with Crippen LogP contribution in [0.1, 0.15) is 25.3 Å². The second-order valence-corrected chi connectivity index (χ2v) is 4.24. The predicted molar refractivity (Wildman–Crippen MR) is 59.2 cm³/mol. The highest BCUT2D eigenvalue weighted by atomic mass is 15.0. The molecule has 14 heavy (non-hydrogen) atoms. The van der Waals surface area contributed by atoms with Crippen molar-refractivity contribution in [3.8, 4) is 0 Å². The van der Waals surface area contributed by atoms with Gasteiger partial charge < -0.3 is 11.1 Å². The van der Waals surface area contributed by atoms with Crippen LogP contribution in [0.3, 0.4) is 0 Å². The summed E-state index contributed by atoms with van der Waals surface area (Å²) in [6.45, 7) is 4.31. The molecule has 1 aliphatic rings. The molecule has 1 aliphatic carbocycles. The number of aryl methyl sites for hydroxylation is 1. The van der Waals surface area contributed by atoms with Crippen LogP contribution in [-0.4, -0.2) is 11.0 Å². The largest absolute Gasteiger partial charge is 0.397 e. The number of aromatic nitrogens is 1. The van der Waals surface area contributed by atoms with Gasteiger partial charge in [-0.3, -0.25) is 0 Å². The van der Waals surface area contributed by atoms with Gasteiger partial charge in [-0.1, -0.05) is 6.92 Å². The summed E-state index contributed by atoms with van der Waals surface area (Å²) in [6, 6.07) is 2.56. The van der Waals surface area contributed by atoms with E-state index >= 15 is 0 Å². The molecule has 1 saturated carbocycles. The number of hydrogen-bond donors (Lipinski definition) is 2. The fourth-order valence-electron chi connectivity index (χ4n) is 1.80. The summed E-state index contributed by atoms with van der Waals surface area (Å²) in [5.74, 6) is 1.75. The number of hydrogen-bond acceptors (Lipinski definition) is 3. The zero-order valence-corrected chi connectivity index (χ0v) is 8.75. The maximum absolute atomic E-state index is 5.64. The first-order valence-electron chi connectivity index (χ1n) is 5.15. The van der Waals surface area contributed by atoms with Gasteiger partial charge in [0.2, 0.25) is 0 Å². The summed E-state index contributed by atoms with van der Waals surface area (Å²) in [5.41, 5.74) is 7.50. The summed E-state index contributed by atoms with van der Waals surface area (Å²) in [6.07, 6.45) is 4.29. The number of nitrogens with one attached hydrogen (secondary N) is 1. The maximum atomic E-state index is 5.64. The van der Waals surface area contributed by atoms with Crippen molar-refractivity contribution in [3.63, 3.8) is 0 Å². The summed E-state index contributed by atoms with van der Waals surface area (Å²) in [4.78, 5) is 4.30. The molecule has 1 aromatic rings. The van der Waals surface area contributed by atoms with Crippen molar-refractivity contribution >= 4 is 11.5 Å². The topological polar surface area (TPSA) is 50.9 Å². The molecule has 0 aliphatic heterocycles. The first kappa shape index (κ1) is 9.31. The first-order chi connectivity index (χ1) is 6.66. The number of nitrogens with two attached hydrogens (primary N) is 1. The molecule has 3 nitrogen and oxygen atoms in total. The highest BCUT2D eigenvalue weighted by Crippen LogP contribution is 2.30. The zero-order valence-electron chi connectivity index (χ0n) is 8.75. The molecule has 2 rings (SSSR count). The third-order valence-electron chi connectivity index (χ3n) is 3.04. The van der Waals surface area contributed by atoms with E-state index in [4.69, 9.17) is 5.73 Å². The Kier molecular flexibility index (Phi) is 2.32. The molecule has 3 heteroatoms. The lowest BCUT2D eigenvalue weighted by atomic mass is 9.81. The Morgan fingerprint density at radius 3 is 2.79 bits per heavy atom. The molecule has 1 heterocycles. The molecule has 0 spiro atoms.